The number of anilines is 1. The second kappa shape index (κ2) is 9.18. The molecule has 4 aromatic carbocycles. The second-order valence-electron chi connectivity index (χ2n) is 9.30. The van der Waals surface area contributed by atoms with E-state index in [2.05, 4.69) is 120 Å². The van der Waals surface area contributed by atoms with Gasteiger partial charge in [0.25, 0.3) is 0 Å². The Morgan fingerprint density at radius 1 is 0.743 bits per heavy atom. The zero-order valence-electron chi connectivity index (χ0n) is 19.9. The second-order valence-corrected chi connectivity index (χ2v) is 13.6. The van der Waals surface area contributed by atoms with Crippen LogP contribution in [-0.2, 0) is 21.1 Å². The van der Waals surface area contributed by atoms with Gasteiger partial charge in [0.15, 0.2) is 0 Å². The van der Waals surface area contributed by atoms with Gasteiger partial charge in [-0.05, 0) is 30.9 Å². The summed E-state index contributed by atoms with van der Waals surface area (Å²) in [5, 5.41) is 5.00. The van der Waals surface area contributed by atoms with Gasteiger partial charge < -0.3 is 14.4 Å². The van der Waals surface area contributed by atoms with Crippen LogP contribution in [0.25, 0.3) is 27.5 Å². The molecule has 0 saturated carbocycles. The molecule has 0 atom stereocenters. The summed E-state index contributed by atoms with van der Waals surface area (Å²) in [5.41, 5.74) is 4.39. The van der Waals surface area contributed by atoms with Crippen molar-refractivity contribution in [2.24, 2.45) is 0 Å². The monoisotopic (exact) mass is 650 g/mol. The van der Waals surface area contributed by atoms with Crippen LogP contribution in [0.4, 0.5) is 5.69 Å². The molecule has 0 amide bonds. The molecular weight excluding hydrogens is 626 g/mol. The molecule has 2 heterocycles. The fourth-order valence-corrected chi connectivity index (χ4v) is 6.91. The molecule has 1 aliphatic rings. The van der Waals surface area contributed by atoms with Crippen LogP contribution >= 0.6 is 0 Å². The molecule has 0 unspecified atom stereocenters. The molecular formula is C30H25N3PtSi. The van der Waals surface area contributed by atoms with Crippen molar-refractivity contribution in [3.8, 4) is 5.69 Å². The molecule has 5 aromatic rings. The van der Waals surface area contributed by atoms with Gasteiger partial charge in [0.1, 0.15) is 0 Å². The van der Waals surface area contributed by atoms with Crippen molar-refractivity contribution in [2.75, 3.05) is 11.9 Å². The van der Waals surface area contributed by atoms with Crippen molar-refractivity contribution in [1.29, 1.82) is 0 Å². The molecule has 0 fully saturated rings. The number of hydrogen-bond acceptors (Lipinski definition) is 2. The number of rotatable bonds is 4. The molecule has 3 nitrogen and oxygen atoms in total. The van der Waals surface area contributed by atoms with Crippen LogP contribution in [0.1, 0.15) is 0 Å². The van der Waals surface area contributed by atoms with Crippen molar-refractivity contribution >= 4 is 45.9 Å². The summed E-state index contributed by atoms with van der Waals surface area (Å²) in [6.45, 7) is 6.84. The largest absolute Gasteiger partial charge is 4.00 e. The third-order valence-corrected chi connectivity index (χ3v) is 9.97. The SMILES string of the molecule is CN1C=CN(c2[c-]c([Si](C)(C)c3[c-]c4c(cc3)c3ccccc3n4-c3[c-]cccc3)ccc2)[CH-]1.[Pt+4]. The molecule has 1 aliphatic heterocycles. The van der Waals surface area contributed by atoms with E-state index in [0.717, 1.165) is 16.9 Å². The van der Waals surface area contributed by atoms with Crippen LogP contribution in [0.15, 0.2) is 91.3 Å². The van der Waals surface area contributed by atoms with E-state index in [1.807, 2.05) is 30.3 Å². The van der Waals surface area contributed by atoms with Crippen molar-refractivity contribution < 1.29 is 21.1 Å². The molecule has 6 rings (SSSR count). The number of para-hydroxylation sites is 2. The standard InChI is InChI=1S/C30H25N3Si.Pt/c1-31-18-19-32(22-31)24-12-9-13-25(20-24)34(2,3)26-16-17-28-27-14-7-8-15-29(27)33(30(28)21-26)23-10-5-4-6-11-23;/h4-10,12-19,22H,1-3H3;/q-4;+4. The molecule has 35 heavy (non-hydrogen) atoms. The zero-order chi connectivity index (χ0) is 23.3. The molecule has 0 aliphatic carbocycles. The van der Waals surface area contributed by atoms with E-state index in [9.17, 15) is 0 Å². The Kier molecular flexibility index (Phi) is 6.20. The molecule has 1 aromatic heterocycles. The average Bonchev–Trinajstić information content (AvgIpc) is 3.45. The Hall–Kier alpha value is -3.07. The smallest absolute Gasteiger partial charge is 0.510 e. The Labute approximate surface area is 222 Å². The van der Waals surface area contributed by atoms with Gasteiger partial charge in [0, 0.05) is 5.52 Å². The van der Waals surface area contributed by atoms with Crippen molar-refractivity contribution in [3.63, 3.8) is 0 Å². The minimum atomic E-state index is -2.06. The quantitative estimate of drug-likeness (QED) is 0.192. The summed E-state index contributed by atoms with van der Waals surface area (Å²) in [6, 6.07) is 38.8. The number of nitrogens with zero attached hydrogens (tertiary/aromatic N) is 3. The third-order valence-electron chi connectivity index (χ3n) is 6.69. The molecule has 0 bridgehead atoms. The summed E-state index contributed by atoms with van der Waals surface area (Å²) in [7, 11) is -0.0236. The maximum absolute atomic E-state index is 3.86. The predicted octanol–water partition coefficient (Wildman–Crippen LogP) is 5.35. The van der Waals surface area contributed by atoms with E-state index in [1.165, 1.54) is 26.7 Å². The summed E-state index contributed by atoms with van der Waals surface area (Å²) in [6.07, 6.45) is 4.11. The zero-order valence-corrected chi connectivity index (χ0v) is 23.2. The minimum Gasteiger partial charge on any atom is -0.510 e. The first-order valence-corrected chi connectivity index (χ1v) is 14.5. The summed E-state index contributed by atoms with van der Waals surface area (Å²) in [5.74, 6) is 0. The van der Waals surface area contributed by atoms with Crippen LogP contribution in [0.2, 0.25) is 13.1 Å². The van der Waals surface area contributed by atoms with Gasteiger partial charge in [-0.2, -0.15) is 83.8 Å². The first-order chi connectivity index (χ1) is 16.5. The topological polar surface area (TPSA) is 11.4 Å². The normalized spacial score (nSPS) is 13.6. The fourth-order valence-electron chi connectivity index (χ4n) is 4.74. The Bertz CT molecular complexity index is 1540. The average molecular weight is 651 g/mol. The van der Waals surface area contributed by atoms with E-state index in [0.29, 0.717) is 0 Å². The molecule has 0 N–H and O–H groups in total. The maximum Gasteiger partial charge on any atom is 4.00 e. The van der Waals surface area contributed by atoms with E-state index in [1.54, 1.807) is 0 Å². The summed E-state index contributed by atoms with van der Waals surface area (Å²) in [4.78, 5) is 4.16. The molecule has 5 heteroatoms. The number of aromatic nitrogens is 1. The van der Waals surface area contributed by atoms with Gasteiger partial charge in [-0.15, -0.1) is 17.1 Å². The fraction of sp³-hybridized carbons (Fsp3) is 0.100. The van der Waals surface area contributed by atoms with Crippen LogP contribution in [0.3, 0.4) is 0 Å². The number of benzene rings is 4. The maximum atomic E-state index is 3.86. The van der Waals surface area contributed by atoms with Crippen molar-refractivity contribution in [1.82, 2.24) is 9.47 Å². The summed E-state index contributed by atoms with van der Waals surface area (Å²) >= 11 is 0. The number of hydrogen-bond donors (Lipinski definition) is 0. The van der Waals surface area contributed by atoms with E-state index in [-0.39, 0.29) is 21.1 Å². The van der Waals surface area contributed by atoms with E-state index >= 15 is 0 Å². The predicted molar refractivity (Wildman–Crippen MR) is 144 cm³/mol. The first kappa shape index (κ1) is 23.7. The van der Waals surface area contributed by atoms with Crippen molar-refractivity contribution in [3.05, 3.63) is 116 Å². The first-order valence-electron chi connectivity index (χ1n) is 11.5. The van der Waals surface area contributed by atoms with E-state index in [4.69, 9.17) is 0 Å². The van der Waals surface area contributed by atoms with Crippen molar-refractivity contribution in [2.45, 2.75) is 13.1 Å². The molecule has 0 saturated heterocycles. The molecule has 174 valence electrons. The Morgan fingerprint density at radius 3 is 2.29 bits per heavy atom. The Morgan fingerprint density at radius 2 is 1.51 bits per heavy atom. The van der Waals surface area contributed by atoms with Gasteiger partial charge in [-0.1, -0.05) is 42.5 Å². The van der Waals surface area contributed by atoms with Gasteiger partial charge >= 0.3 is 21.1 Å². The van der Waals surface area contributed by atoms with Crippen LogP contribution in [-0.4, -0.2) is 24.6 Å². The third kappa shape index (κ3) is 4.05. The van der Waals surface area contributed by atoms with Crippen LogP contribution < -0.4 is 15.3 Å². The Balaban J connectivity index is 0.00000253. The minimum absolute atomic E-state index is 0. The summed E-state index contributed by atoms with van der Waals surface area (Å²) < 4.78 is 2.29. The van der Waals surface area contributed by atoms with Crippen LogP contribution in [0, 0.1) is 24.9 Å². The molecule has 0 spiro atoms. The van der Waals surface area contributed by atoms with E-state index < -0.39 is 8.07 Å². The van der Waals surface area contributed by atoms with Gasteiger partial charge in [0.05, 0.1) is 8.07 Å². The van der Waals surface area contributed by atoms with Gasteiger partial charge in [0.2, 0.25) is 0 Å². The van der Waals surface area contributed by atoms with Gasteiger partial charge in [-0.25, -0.2) is 0 Å². The molecule has 0 radical (unpaired) electrons. The number of fused-ring (bicyclic) bond motifs is 3. The van der Waals surface area contributed by atoms with Gasteiger partial charge in [-0.3, -0.25) is 0 Å². The van der Waals surface area contributed by atoms with Crippen LogP contribution in [0.5, 0.6) is 0 Å².